The van der Waals surface area contributed by atoms with E-state index in [4.69, 9.17) is 9.47 Å². The standard InChI is InChI=1S/C19H26O3/c1-5-7-17(14-19(20)21-4)16-8-10-18(11-9-16)22-13-12-15(3)6-2/h8-11,15,17H,6,12-14H2,1-4H3/t15-,17+/m1/s1. The van der Waals surface area contributed by atoms with Crippen molar-refractivity contribution in [1.82, 2.24) is 0 Å². The summed E-state index contributed by atoms with van der Waals surface area (Å²) >= 11 is 0. The molecular weight excluding hydrogens is 276 g/mol. The number of benzene rings is 1. The van der Waals surface area contributed by atoms with Gasteiger partial charge in [-0.1, -0.05) is 38.3 Å². The maximum atomic E-state index is 11.5. The molecule has 0 bridgehead atoms. The molecule has 0 unspecified atom stereocenters. The van der Waals surface area contributed by atoms with Gasteiger partial charge in [0.05, 0.1) is 26.1 Å². The van der Waals surface area contributed by atoms with Gasteiger partial charge < -0.3 is 9.47 Å². The van der Waals surface area contributed by atoms with Crippen LogP contribution in [0.25, 0.3) is 0 Å². The van der Waals surface area contributed by atoms with Crippen molar-refractivity contribution in [3.63, 3.8) is 0 Å². The van der Waals surface area contributed by atoms with Gasteiger partial charge in [0.15, 0.2) is 0 Å². The van der Waals surface area contributed by atoms with Gasteiger partial charge in [-0.15, -0.1) is 5.92 Å². The van der Waals surface area contributed by atoms with E-state index in [9.17, 15) is 4.79 Å². The van der Waals surface area contributed by atoms with E-state index in [2.05, 4.69) is 25.7 Å². The van der Waals surface area contributed by atoms with Gasteiger partial charge in [-0.3, -0.25) is 4.79 Å². The SMILES string of the molecule is CC#C[C@@H](CC(=O)OC)c1ccc(OCC[C@H](C)CC)cc1. The summed E-state index contributed by atoms with van der Waals surface area (Å²) in [6, 6.07) is 7.81. The average molecular weight is 302 g/mol. The van der Waals surface area contributed by atoms with E-state index >= 15 is 0 Å². The Labute approximate surface area is 134 Å². The minimum absolute atomic E-state index is 0.133. The number of rotatable bonds is 8. The Hall–Kier alpha value is -1.95. The molecule has 0 amide bonds. The first-order valence-electron chi connectivity index (χ1n) is 7.82. The van der Waals surface area contributed by atoms with Crippen molar-refractivity contribution in [3.8, 4) is 17.6 Å². The average Bonchev–Trinajstić information content (AvgIpc) is 2.54. The van der Waals surface area contributed by atoms with Crippen molar-refractivity contribution in [2.24, 2.45) is 5.92 Å². The first-order valence-corrected chi connectivity index (χ1v) is 7.82. The number of carbonyl (C=O) groups is 1. The third-order valence-corrected chi connectivity index (χ3v) is 3.78. The predicted octanol–water partition coefficient (Wildman–Crippen LogP) is 4.17. The van der Waals surface area contributed by atoms with E-state index < -0.39 is 0 Å². The van der Waals surface area contributed by atoms with Crippen LogP contribution in [0.4, 0.5) is 0 Å². The summed E-state index contributed by atoms with van der Waals surface area (Å²) in [7, 11) is 1.40. The molecule has 0 aliphatic carbocycles. The molecule has 1 aromatic rings. The number of carbonyl (C=O) groups excluding carboxylic acids is 1. The molecule has 0 fully saturated rings. The van der Waals surface area contributed by atoms with Crippen LogP contribution in [-0.4, -0.2) is 19.7 Å². The van der Waals surface area contributed by atoms with Crippen molar-refractivity contribution >= 4 is 5.97 Å². The largest absolute Gasteiger partial charge is 0.494 e. The summed E-state index contributed by atoms with van der Waals surface area (Å²) in [4.78, 5) is 11.5. The highest BCUT2D eigenvalue weighted by molar-refractivity contribution is 5.71. The summed E-state index contributed by atoms with van der Waals surface area (Å²) < 4.78 is 10.5. The molecule has 0 N–H and O–H groups in total. The summed E-state index contributed by atoms with van der Waals surface area (Å²) in [5.41, 5.74) is 1.01. The van der Waals surface area contributed by atoms with Crippen LogP contribution in [0.5, 0.6) is 5.75 Å². The molecule has 2 atom stereocenters. The fraction of sp³-hybridized carbons (Fsp3) is 0.526. The highest BCUT2D eigenvalue weighted by Crippen LogP contribution is 2.23. The van der Waals surface area contributed by atoms with Crippen molar-refractivity contribution in [2.45, 2.75) is 46.0 Å². The van der Waals surface area contributed by atoms with Crippen molar-refractivity contribution in [3.05, 3.63) is 29.8 Å². The van der Waals surface area contributed by atoms with Crippen molar-refractivity contribution < 1.29 is 14.3 Å². The van der Waals surface area contributed by atoms with Gasteiger partial charge in [0, 0.05) is 0 Å². The molecule has 1 aromatic carbocycles. The number of hydrogen-bond donors (Lipinski definition) is 0. The minimum atomic E-state index is -0.248. The molecule has 0 aliphatic rings. The Kier molecular flexibility index (Phi) is 8.14. The first-order chi connectivity index (χ1) is 10.6. The Balaban J connectivity index is 2.64. The maximum absolute atomic E-state index is 11.5. The van der Waals surface area contributed by atoms with Gasteiger partial charge in [-0.05, 0) is 37.0 Å². The first kappa shape index (κ1) is 18.1. The smallest absolute Gasteiger partial charge is 0.307 e. The number of methoxy groups -OCH3 is 1. The highest BCUT2D eigenvalue weighted by atomic mass is 16.5. The lowest BCUT2D eigenvalue weighted by Gasteiger charge is -2.12. The van der Waals surface area contributed by atoms with Crippen molar-refractivity contribution in [1.29, 1.82) is 0 Å². The fourth-order valence-electron chi connectivity index (χ4n) is 2.05. The lowest BCUT2D eigenvalue weighted by Crippen LogP contribution is -2.07. The van der Waals surface area contributed by atoms with E-state index in [0.717, 1.165) is 24.3 Å². The Bertz CT molecular complexity index is 508. The Morgan fingerprint density at radius 2 is 1.95 bits per heavy atom. The lowest BCUT2D eigenvalue weighted by atomic mass is 9.96. The van der Waals surface area contributed by atoms with Crippen LogP contribution in [0.2, 0.25) is 0 Å². The zero-order chi connectivity index (χ0) is 16.4. The second-order valence-electron chi connectivity index (χ2n) is 5.45. The lowest BCUT2D eigenvalue weighted by molar-refractivity contribution is -0.140. The van der Waals surface area contributed by atoms with E-state index in [1.807, 2.05) is 24.3 Å². The third-order valence-electron chi connectivity index (χ3n) is 3.78. The number of ether oxygens (including phenoxy) is 2. The molecule has 0 saturated carbocycles. The summed E-state index contributed by atoms with van der Waals surface area (Å²) in [6.45, 7) is 6.92. The molecular formula is C19H26O3. The predicted molar refractivity (Wildman–Crippen MR) is 88.8 cm³/mol. The molecule has 22 heavy (non-hydrogen) atoms. The van der Waals surface area contributed by atoms with E-state index in [1.165, 1.54) is 13.5 Å². The molecule has 0 radical (unpaired) electrons. The van der Waals surface area contributed by atoms with E-state index in [-0.39, 0.29) is 18.3 Å². The van der Waals surface area contributed by atoms with E-state index in [0.29, 0.717) is 5.92 Å². The van der Waals surface area contributed by atoms with Gasteiger partial charge in [-0.2, -0.15) is 0 Å². The van der Waals surface area contributed by atoms with Gasteiger partial charge >= 0.3 is 5.97 Å². The summed E-state index contributed by atoms with van der Waals surface area (Å²) in [6.07, 6.45) is 2.50. The monoisotopic (exact) mass is 302 g/mol. The van der Waals surface area contributed by atoms with Gasteiger partial charge in [0.1, 0.15) is 5.75 Å². The molecule has 3 heteroatoms. The topological polar surface area (TPSA) is 35.5 Å². The Morgan fingerprint density at radius 1 is 1.27 bits per heavy atom. The van der Waals surface area contributed by atoms with Crippen molar-refractivity contribution in [2.75, 3.05) is 13.7 Å². The zero-order valence-electron chi connectivity index (χ0n) is 14.0. The second kappa shape index (κ2) is 9.89. The summed E-state index contributed by atoms with van der Waals surface area (Å²) in [5.74, 6) is 7.09. The van der Waals surface area contributed by atoms with Crippen LogP contribution in [0.3, 0.4) is 0 Å². The minimum Gasteiger partial charge on any atom is -0.494 e. The fourth-order valence-corrected chi connectivity index (χ4v) is 2.05. The molecule has 0 heterocycles. The van der Waals surface area contributed by atoms with Crippen LogP contribution in [-0.2, 0) is 9.53 Å². The number of hydrogen-bond acceptors (Lipinski definition) is 3. The Morgan fingerprint density at radius 3 is 2.50 bits per heavy atom. The third kappa shape index (κ3) is 6.22. The molecule has 3 nitrogen and oxygen atoms in total. The quantitative estimate of drug-likeness (QED) is 0.534. The molecule has 0 aliphatic heterocycles. The van der Waals surface area contributed by atoms with Crippen LogP contribution in [0.15, 0.2) is 24.3 Å². The van der Waals surface area contributed by atoms with Gasteiger partial charge in [0.25, 0.3) is 0 Å². The summed E-state index contributed by atoms with van der Waals surface area (Å²) in [5, 5.41) is 0. The number of esters is 1. The normalized spacial score (nSPS) is 12.7. The van der Waals surface area contributed by atoms with Crippen LogP contribution in [0, 0.1) is 17.8 Å². The van der Waals surface area contributed by atoms with Gasteiger partial charge in [-0.25, -0.2) is 0 Å². The second-order valence-corrected chi connectivity index (χ2v) is 5.45. The molecule has 120 valence electrons. The molecule has 0 aromatic heterocycles. The highest BCUT2D eigenvalue weighted by Gasteiger charge is 2.14. The van der Waals surface area contributed by atoms with Gasteiger partial charge in [0.2, 0.25) is 0 Å². The molecule has 0 spiro atoms. The van der Waals surface area contributed by atoms with Crippen LogP contribution < -0.4 is 4.74 Å². The van der Waals surface area contributed by atoms with E-state index in [1.54, 1.807) is 6.92 Å². The van der Waals surface area contributed by atoms with Crippen LogP contribution >= 0.6 is 0 Å². The van der Waals surface area contributed by atoms with Crippen LogP contribution in [0.1, 0.15) is 51.5 Å². The maximum Gasteiger partial charge on any atom is 0.307 e. The zero-order valence-corrected chi connectivity index (χ0v) is 14.0. The molecule has 0 saturated heterocycles. The molecule has 1 rings (SSSR count).